The zero-order valence-corrected chi connectivity index (χ0v) is 15.2. The molecule has 0 bridgehead atoms. The van der Waals surface area contributed by atoms with Crippen LogP contribution in [0.3, 0.4) is 0 Å². The Morgan fingerprint density at radius 3 is 2.86 bits per heavy atom. The topological polar surface area (TPSA) is 112 Å². The summed E-state index contributed by atoms with van der Waals surface area (Å²) < 4.78 is 0. The van der Waals surface area contributed by atoms with Crippen LogP contribution in [0.15, 0.2) is 54.4 Å². The number of aromatic amines is 3. The van der Waals surface area contributed by atoms with E-state index in [4.69, 9.17) is 4.98 Å². The van der Waals surface area contributed by atoms with Gasteiger partial charge in [0, 0.05) is 40.2 Å². The van der Waals surface area contributed by atoms with Gasteiger partial charge in [0.05, 0.1) is 11.6 Å². The van der Waals surface area contributed by atoms with Gasteiger partial charge in [0.2, 0.25) is 0 Å². The molecule has 0 aliphatic rings. The summed E-state index contributed by atoms with van der Waals surface area (Å²) in [4.78, 5) is 18.2. The summed E-state index contributed by atoms with van der Waals surface area (Å²) in [7, 11) is 0. The van der Waals surface area contributed by atoms with Crippen molar-refractivity contribution in [3.63, 3.8) is 0 Å². The minimum Gasteiger partial charge on any atom is -0.321 e. The Morgan fingerprint density at radius 1 is 1.00 bits per heavy atom. The van der Waals surface area contributed by atoms with Crippen LogP contribution in [0.5, 0.6) is 0 Å². The van der Waals surface area contributed by atoms with Gasteiger partial charge >= 0.3 is 0 Å². The maximum atomic E-state index is 4.81. The van der Waals surface area contributed by atoms with Gasteiger partial charge in [-0.25, -0.2) is 15.0 Å². The predicted molar refractivity (Wildman–Crippen MR) is 108 cm³/mol. The lowest BCUT2D eigenvalue weighted by Crippen LogP contribution is -1.83. The van der Waals surface area contributed by atoms with Crippen LogP contribution in [-0.4, -0.2) is 40.3 Å². The molecule has 0 fully saturated rings. The van der Waals surface area contributed by atoms with E-state index in [0.717, 1.165) is 38.1 Å². The highest BCUT2D eigenvalue weighted by Crippen LogP contribution is 2.33. The van der Waals surface area contributed by atoms with Crippen molar-refractivity contribution < 1.29 is 0 Å². The second-order valence-electron chi connectivity index (χ2n) is 6.30. The summed E-state index contributed by atoms with van der Waals surface area (Å²) in [5, 5.41) is 17.2. The van der Waals surface area contributed by atoms with E-state index in [1.54, 1.807) is 29.9 Å². The van der Waals surface area contributed by atoms with Gasteiger partial charge < -0.3 is 4.98 Å². The summed E-state index contributed by atoms with van der Waals surface area (Å²) in [6.45, 7) is 0. The van der Waals surface area contributed by atoms with Crippen molar-refractivity contribution in [3.8, 4) is 33.1 Å². The van der Waals surface area contributed by atoms with E-state index in [0.29, 0.717) is 17.2 Å². The molecule has 0 saturated heterocycles. The molecule has 8 nitrogen and oxygen atoms in total. The van der Waals surface area contributed by atoms with Crippen molar-refractivity contribution in [1.29, 1.82) is 0 Å². The number of nitrogens with one attached hydrogen (secondary N) is 3. The van der Waals surface area contributed by atoms with Gasteiger partial charge in [-0.1, -0.05) is 6.07 Å². The van der Waals surface area contributed by atoms with Gasteiger partial charge in [0.15, 0.2) is 17.1 Å². The molecule has 134 valence electrons. The van der Waals surface area contributed by atoms with Crippen LogP contribution < -0.4 is 0 Å². The van der Waals surface area contributed by atoms with Crippen LogP contribution in [-0.2, 0) is 0 Å². The number of rotatable bonds is 3. The van der Waals surface area contributed by atoms with Crippen LogP contribution in [0, 0.1) is 0 Å². The fraction of sp³-hybridized carbons (Fsp3) is 0. The van der Waals surface area contributed by atoms with E-state index in [9.17, 15) is 0 Å². The third-order valence-corrected chi connectivity index (χ3v) is 5.55. The van der Waals surface area contributed by atoms with Crippen LogP contribution >= 0.6 is 11.3 Å². The summed E-state index contributed by atoms with van der Waals surface area (Å²) in [6, 6.07) is 8.13. The maximum Gasteiger partial charge on any atom is 0.161 e. The average Bonchev–Trinajstić information content (AvgIpc) is 3.53. The van der Waals surface area contributed by atoms with Crippen molar-refractivity contribution in [2.75, 3.05) is 0 Å². The fourth-order valence-corrected chi connectivity index (χ4v) is 4.06. The van der Waals surface area contributed by atoms with Crippen molar-refractivity contribution in [1.82, 2.24) is 40.3 Å². The number of aromatic nitrogens is 8. The second kappa shape index (κ2) is 5.83. The highest BCUT2D eigenvalue weighted by Gasteiger charge is 2.17. The van der Waals surface area contributed by atoms with E-state index in [-0.39, 0.29) is 0 Å². The standard InChI is InChI=1S/C19H12N8S/c1-2-14(28-5-1)12-3-4-20-18-15(12)24-19(25-18)16-13-6-10(11-8-22-23-9-11)7-21-17(13)27-26-16/h1-9H,(H,22,23)(H,20,24,25)(H,21,26,27). The van der Waals surface area contributed by atoms with Gasteiger partial charge in [0.1, 0.15) is 11.2 Å². The Morgan fingerprint density at radius 2 is 2.00 bits per heavy atom. The number of hydrogen-bond donors (Lipinski definition) is 3. The van der Waals surface area contributed by atoms with Gasteiger partial charge in [-0.3, -0.25) is 10.2 Å². The Balaban J connectivity index is 1.55. The molecule has 0 aromatic carbocycles. The Kier molecular flexibility index (Phi) is 3.17. The molecule has 6 aromatic rings. The minimum absolute atomic E-state index is 0.656. The number of nitrogens with zero attached hydrogens (tertiary/aromatic N) is 5. The first-order chi connectivity index (χ1) is 13.9. The highest BCUT2D eigenvalue weighted by molar-refractivity contribution is 7.13. The van der Waals surface area contributed by atoms with E-state index < -0.39 is 0 Å². The molecular weight excluding hydrogens is 372 g/mol. The zero-order valence-electron chi connectivity index (χ0n) is 14.3. The molecular formula is C19H12N8S. The van der Waals surface area contributed by atoms with E-state index in [1.165, 1.54) is 0 Å². The summed E-state index contributed by atoms with van der Waals surface area (Å²) in [5.41, 5.74) is 5.95. The summed E-state index contributed by atoms with van der Waals surface area (Å²) in [5.74, 6) is 0.656. The quantitative estimate of drug-likeness (QED) is 0.427. The third-order valence-electron chi connectivity index (χ3n) is 4.64. The summed E-state index contributed by atoms with van der Waals surface area (Å²) >= 11 is 1.68. The van der Waals surface area contributed by atoms with E-state index in [1.807, 2.05) is 24.4 Å². The lowest BCUT2D eigenvalue weighted by Gasteiger charge is -1.97. The van der Waals surface area contributed by atoms with E-state index in [2.05, 4.69) is 46.8 Å². The Labute approximate surface area is 161 Å². The number of H-pyrrole nitrogens is 3. The Bertz CT molecular complexity index is 1410. The third kappa shape index (κ3) is 2.26. The molecule has 6 aromatic heterocycles. The van der Waals surface area contributed by atoms with Crippen LogP contribution in [0.25, 0.3) is 55.3 Å². The lowest BCUT2D eigenvalue weighted by atomic mass is 10.1. The molecule has 3 N–H and O–H groups in total. The number of hydrogen-bond acceptors (Lipinski definition) is 6. The number of pyridine rings is 2. The monoisotopic (exact) mass is 384 g/mol. The molecule has 0 amide bonds. The lowest BCUT2D eigenvalue weighted by molar-refractivity contribution is 1.09. The van der Waals surface area contributed by atoms with Crippen LogP contribution in [0.1, 0.15) is 0 Å². The van der Waals surface area contributed by atoms with Crippen molar-refractivity contribution >= 4 is 33.5 Å². The van der Waals surface area contributed by atoms with Gasteiger partial charge in [-0.2, -0.15) is 10.2 Å². The maximum absolute atomic E-state index is 4.81. The molecule has 28 heavy (non-hydrogen) atoms. The molecule has 0 saturated carbocycles. The zero-order chi connectivity index (χ0) is 18.5. The van der Waals surface area contributed by atoms with E-state index >= 15 is 0 Å². The SMILES string of the molecule is c1csc(-c2ccnc3[nH]c(-c4n[nH]c5ncc(-c6cn[nH]c6)cc45)nc23)c1. The molecule has 0 radical (unpaired) electrons. The molecule has 9 heteroatoms. The first kappa shape index (κ1) is 15.2. The summed E-state index contributed by atoms with van der Waals surface area (Å²) in [6.07, 6.45) is 7.19. The average molecular weight is 384 g/mol. The Hall–Kier alpha value is -3.85. The number of imidazole rings is 1. The second-order valence-corrected chi connectivity index (χ2v) is 7.25. The predicted octanol–water partition coefficient (Wildman–Crippen LogP) is 4.01. The molecule has 0 spiro atoms. The molecule has 0 aliphatic carbocycles. The van der Waals surface area contributed by atoms with Gasteiger partial charge in [-0.15, -0.1) is 11.3 Å². The highest BCUT2D eigenvalue weighted by atomic mass is 32.1. The van der Waals surface area contributed by atoms with Crippen molar-refractivity contribution in [2.24, 2.45) is 0 Å². The molecule has 0 atom stereocenters. The largest absolute Gasteiger partial charge is 0.321 e. The van der Waals surface area contributed by atoms with Crippen molar-refractivity contribution in [3.05, 3.63) is 54.4 Å². The minimum atomic E-state index is 0.656. The fourth-order valence-electron chi connectivity index (χ4n) is 3.30. The van der Waals surface area contributed by atoms with Crippen LogP contribution in [0.4, 0.5) is 0 Å². The molecule has 0 aliphatic heterocycles. The number of fused-ring (bicyclic) bond motifs is 2. The first-order valence-electron chi connectivity index (χ1n) is 8.59. The van der Waals surface area contributed by atoms with Crippen LogP contribution in [0.2, 0.25) is 0 Å². The molecule has 6 rings (SSSR count). The van der Waals surface area contributed by atoms with Gasteiger partial charge in [-0.05, 0) is 23.6 Å². The molecule has 0 unspecified atom stereocenters. The van der Waals surface area contributed by atoms with Crippen molar-refractivity contribution in [2.45, 2.75) is 0 Å². The smallest absolute Gasteiger partial charge is 0.161 e. The van der Waals surface area contributed by atoms with Gasteiger partial charge in [0.25, 0.3) is 0 Å². The number of thiophene rings is 1. The molecule has 6 heterocycles. The normalized spacial score (nSPS) is 11.6. The first-order valence-corrected chi connectivity index (χ1v) is 9.47.